The number of amides is 1. The molecule has 1 fully saturated rings. The number of aliphatic imine (C=N–C) groups is 1. The highest BCUT2D eigenvalue weighted by Crippen LogP contribution is 2.36. The molecule has 2 unspecified atom stereocenters. The Morgan fingerprint density at radius 2 is 2.19 bits per heavy atom. The zero-order chi connectivity index (χ0) is 19.4. The molecule has 1 amide bonds. The third-order valence-electron chi connectivity index (χ3n) is 4.33. The fourth-order valence-corrected chi connectivity index (χ4v) is 2.84. The summed E-state index contributed by atoms with van der Waals surface area (Å²) in [6.07, 6.45) is 5.46. The number of halogens is 1. The van der Waals surface area contributed by atoms with Crippen LogP contribution in [-0.2, 0) is 11.3 Å². The highest BCUT2D eigenvalue weighted by molar-refractivity contribution is 6.31. The van der Waals surface area contributed by atoms with Gasteiger partial charge in [-0.2, -0.15) is 5.10 Å². The van der Waals surface area contributed by atoms with E-state index in [1.54, 1.807) is 13.1 Å². The van der Waals surface area contributed by atoms with Crippen LogP contribution >= 0.6 is 11.6 Å². The van der Waals surface area contributed by atoms with Crippen molar-refractivity contribution >= 4 is 29.4 Å². The second-order valence-corrected chi connectivity index (χ2v) is 6.76. The lowest BCUT2D eigenvalue weighted by atomic mass is 10.2. The predicted molar refractivity (Wildman–Crippen MR) is 105 cm³/mol. The molecule has 2 aromatic rings. The quantitative estimate of drug-likeness (QED) is 0.742. The van der Waals surface area contributed by atoms with Crippen molar-refractivity contribution in [3.8, 4) is 0 Å². The number of carbonyl (C=O) groups excluding carboxylic acids is 1. The van der Waals surface area contributed by atoms with Gasteiger partial charge in [-0.1, -0.05) is 29.8 Å². The van der Waals surface area contributed by atoms with Crippen LogP contribution in [0.2, 0.25) is 5.02 Å². The maximum Gasteiger partial charge on any atom is 0.286 e. The van der Waals surface area contributed by atoms with Crippen molar-refractivity contribution in [1.29, 1.82) is 0 Å². The molecule has 1 aromatic heterocycles. The normalized spacial score (nSPS) is 19.3. The molecule has 0 radical (unpaired) electrons. The molecule has 0 aliphatic heterocycles. The molecule has 0 bridgehead atoms. The Morgan fingerprint density at radius 1 is 1.44 bits per heavy atom. The lowest BCUT2D eigenvalue weighted by Gasteiger charge is -2.07. The van der Waals surface area contributed by atoms with Gasteiger partial charge in [0.1, 0.15) is 11.6 Å². The summed E-state index contributed by atoms with van der Waals surface area (Å²) in [5.41, 5.74) is 7.51. The summed E-state index contributed by atoms with van der Waals surface area (Å²) in [7, 11) is 0. The molecule has 1 saturated carbocycles. The molecule has 1 aromatic carbocycles. The number of nitrogens with one attached hydrogen (secondary N) is 1. The van der Waals surface area contributed by atoms with E-state index in [1.165, 1.54) is 12.4 Å². The van der Waals surface area contributed by atoms with Crippen LogP contribution < -0.4 is 16.6 Å². The molecule has 2 atom stereocenters. The van der Waals surface area contributed by atoms with Crippen molar-refractivity contribution in [3.05, 3.63) is 69.2 Å². The number of carbonyl (C=O) groups is 1. The van der Waals surface area contributed by atoms with Gasteiger partial charge in [0.25, 0.3) is 5.56 Å². The Labute approximate surface area is 161 Å². The van der Waals surface area contributed by atoms with Gasteiger partial charge >= 0.3 is 0 Å². The third-order valence-corrected chi connectivity index (χ3v) is 4.79. The number of benzene rings is 1. The van der Waals surface area contributed by atoms with Crippen molar-refractivity contribution < 1.29 is 4.79 Å². The number of hydrogen-bond acceptors (Lipinski definition) is 5. The molecule has 0 spiro atoms. The number of hydrogen-bond donors (Lipinski definition) is 2. The van der Waals surface area contributed by atoms with Crippen LogP contribution in [0.4, 0.5) is 5.69 Å². The molecule has 1 aliphatic rings. The van der Waals surface area contributed by atoms with E-state index in [-0.39, 0.29) is 29.4 Å². The fraction of sp³-hybridized carbons (Fsp3) is 0.263. The SMILES string of the molecule is Cc1cnn(CC(=O)NC2CC2/C(C=Nc2ccccc2)=C/N)c(=O)c1Cl. The highest BCUT2D eigenvalue weighted by Gasteiger charge is 2.40. The topological polar surface area (TPSA) is 102 Å². The lowest BCUT2D eigenvalue weighted by Crippen LogP contribution is -2.35. The molecule has 27 heavy (non-hydrogen) atoms. The predicted octanol–water partition coefficient (Wildman–Crippen LogP) is 1.95. The van der Waals surface area contributed by atoms with Crippen LogP contribution in [-0.4, -0.2) is 27.9 Å². The van der Waals surface area contributed by atoms with E-state index in [0.29, 0.717) is 5.56 Å². The first-order chi connectivity index (χ1) is 13.0. The second-order valence-electron chi connectivity index (χ2n) is 6.38. The summed E-state index contributed by atoms with van der Waals surface area (Å²) >= 11 is 5.91. The molecule has 3 rings (SSSR count). The van der Waals surface area contributed by atoms with Gasteiger partial charge in [-0.3, -0.25) is 14.6 Å². The van der Waals surface area contributed by atoms with E-state index < -0.39 is 5.56 Å². The molecule has 3 N–H and O–H groups in total. The largest absolute Gasteiger partial charge is 0.404 e. The van der Waals surface area contributed by atoms with E-state index >= 15 is 0 Å². The van der Waals surface area contributed by atoms with Crippen molar-refractivity contribution in [3.63, 3.8) is 0 Å². The number of para-hydroxylation sites is 1. The summed E-state index contributed by atoms with van der Waals surface area (Å²) in [5, 5.41) is 6.91. The number of nitrogens with zero attached hydrogens (tertiary/aromatic N) is 3. The van der Waals surface area contributed by atoms with Gasteiger partial charge < -0.3 is 11.1 Å². The Morgan fingerprint density at radius 3 is 2.89 bits per heavy atom. The summed E-state index contributed by atoms with van der Waals surface area (Å²) in [6, 6.07) is 9.50. The van der Waals surface area contributed by atoms with E-state index in [9.17, 15) is 9.59 Å². The van der Waals surface area contributed by atoms with E-state index in [1.807, 2.05) is 30.3 Å². The van der Waals surface area contributed by atoms with Gasteiger partial charge in [0.2, 0.25) is 5.91 Å². The van der Waals surface area contributed by atoms with Crippen molar-refractivity contribution in [2.75, 3.05) is 0 Å². The molecule has 1 aliphatic carbocycles. The summed E-state index contributed by atoms with van der Waals surface area (Å²) in [6.45, 7) is 1.51. The minimum atomic E-state index is -0.475. The van der Waals surface area contributed by atoms with Crippen molar-refractivity contribution in [2.24, 2.45) is 16.6 Å². The minimum absolute atomic E-state index is 0.0360. The van der Waals surface area contributed by atoms with Crippen molar-refractivity contribution in [1.82, 2.24) is 15.1 Å². The molecule has 140 valence electrons. The Hall–Kier alpha value is -2.93. The third kappa shape index (κ3) is 4.62. The zero-order valence-corrected chi connectivity index (χ0v) is 15.6. The lowest BCUT2D eigenvalue weighted by molar-refractivity contribution is -0.122. The van der Waals surface area contributed by atoms with Gasteiger partial charge in [0.05, 0.1) is 11.9 Å². The van der Waals surface area contributed by atoms with Crippen LogP contribution in [0, 0.1) is 12.8 Å². The van der Waals surface area contributed by atoms with Gasteiger partial charge in [0, 0.05) is 18.2 Å². The minimum Gasteiger partial charge on any atom is -0.404 e. The van der Waals surface area contributed by atoms with E-state index in [4.69, 9.17) is 17.3 Å². The average Bonchev–Trinajstić information content (AvgIpc) is 3.42. The summed E-state index contributed by atoms with van der Waals surface area (Å²) in [4.78, 5) is 28.6. The first-order valence-corrected chi connectivity index (χ1v) is 8.90. The molecule has 7 nitrogen and oxygen atoms in total. The maximum absolute atomic E-state index is 12.2. The molecular weight excluding hydrogens is 366 g/mol. The van der Waals surface area contributed by atoms with E-state index in [0.717, 1.165) is 22.4 Å². The Balaban J connectivity index is 1.57. The zero-order valence-electron chi connectivity index (χ0n) is 14.8. The van der Waals surface area contributed by atoms with Crippen LogP contribution in [0.15, 0.2) is 58.1 Å². The first kappa shape index (κ1) is 18.8. The maximum atomic E-state index is 12.2. The number of aromatic nitrogens is 2. The summed E-state index contributed by atoms with van der Waals surface area (Å²) in [5.74, 6) is -0.189. The van der Waals surface area contributed by atoms with Gasteiger partial charge in [-0.25, -0.2) is 4.68 Å². The average molecular weight is 386 g/mol. The molecular formula is C19H20ClN5O2. The smallest absolute Gasteiger partial charge is 0.286 e. The van der Waals surface area contributed by atoms with Crippen LogP contribution in [0.25, 0.3) is 0 Å². The molecule has 8 heteroatoms. The fourth-order valence-electron chi connectivity index (χ4n) is 2.70. The highest BCUT2D eigenvalue weighted by atomic mass is 35.5. The standard InChI is InChI=1S/C19H20ClN5O2/c1-12-9-23-25(19(27)18(12)20)11-17(26)24-16-7-15(16)13(8-21)10-22-14-5-3-2-4-6-14/h2-6,8-10,15-16H,7,11,21H2,1H3,(H,24,26)/b13-8+,22-10?. The van der Waals surface area contributed by atoms with Crippen LogP contribution in [0.5, 0.6) is 0 Å². The van der Waals surface area contributed by atoms with Crippen LogP contribution in [0.3, 0.4) is 0 Å². The number of nitrogens with two attached hydrogens (primary N) is 1. The Bertz CT molecular complexity index is 952. The van der Waals surface area contributed by atoms with Gasteiger partial charge in [-0.15, -0.1) is 0 Å². The summed E-state index contributed by atoms with van der Waals surface area (Å²) < 4.78 is 1.05. The number of aryl methyl sites for hydroxylation is 1. The van der Waals surface area contributed by atoms with Crippen molar-refractivity contribution in [2.45, 2.75) is 25.9 Å². The van der Waals surface area contributed by atoms with E-state index in [2.05, 4.69) is 15.4 Å². The monoisotopic (exact) mass is 385 g/mol. The second kappa shape index (κ2) is 8.18. The van der Waals surface area contributed by atoms with Crippen LogP contribution in [0.1, 0.15) is 12.0 Å². The Kier molecular flexibility index (Phi) is 5.71. The first-order valence-electron chi connectivity index (χ1n) is 8.52. The van der Waals surface area contributed by atoms with Gasteiger partial charge in [-0.05, 0) is 42.8 Å². The molecule has 1 heterocycles. The van der Waals surface area contributed by atoms with Gasteiger partial charge in [0.15, 0.2) is 0 Å². The molecule has 0 saturated heterocycles. The number of rotatable bonds is 6.